The Balaban J connectivity index is 2.23. The van der Waals surface area contributed by atoms with Gasteiger partial charge in [-0.05, 0) is 37.3 Å². The minimum absolute atomic E-state index is 0.0761. The molecule has 0 amide bonds. The minimum Gasteiger partial charge on any atom is -0.392 e. The van der Waals surface area contributed by atoms with Crippen LogP contribution in [0, 0.1) is 12.8 Å². The summed E-state index contributed by atoms with van der Waals surface area (Å²) in [5.74, 6) is 1.72. The summed E-state index contributed by atoms with van der Waals surface area (Å²) in [4.78, 5) is 7.19. The minimum atomic E-state index is 0.0761. The molecule has 0 saturated heterocycles. The second-order valence-electron chi connectivity index (χ2n) is 6.06. The fourth-order valence-electron chi connectivity index (χ4n) is 2.94. The Hall–Kier alpha value is -1.09. The van der Waals surface area contributed by atoms with Crippen molar-refractivity contribution >= 4 is 5.82 Å². The topological polar surface area (TPSA) is 36.4 Å². The maximum absolute atomic E-state index is 9.25. The number of anilines is 1. The van der Waals surface area contributed by atoms with Crippen molar-refractivity contribution in [3.8, 4) is 0 Å². The third kappa shape index (κ3) is 3.47. The average molecular weight is 262 g/mol. The van der Waals surface area contributed by atoms with Crippen LogP contribution in [-0.4, -0.2) is 22.7 Å². The van der Waals surface area contributed by atoms with Crippen LogP contribution in [0.15, 0.2) is 12.1 Å². The van der Waals surface area contributed by atoms with Crippen molar-refractivity contribution in [3.63, 3.8) is 0 Å². The van der Waals surface area contributed by atoms with E-state index in [-0.39, 0.29) is 6.61 Å². The standard InChI is InChI=1S/C16H26N2O/c1-12(2)10-18(15-6-4-5-7-15)16-9-8-14(11-19)13(3)17-16/h8-9,12,15,19H,4-7,10-11H2,1-3H3. The Morgan fingerprint density at radius 2 is 2.00 bits per heavy atom. The highest BCUT2D eigenvalue weighted by Crippen LogP contribution is 2.28. The number of hydrogen-bond acceptors (Lipinski definition) is 3. The van der Waals surface area contributed by atoms with Gasteiger partial charge in [-0.15, -0.1) is 0 Å². The molecule has 1 aromatic heterocycles. The predicted molar refractivity (Wildman–Crippen MR) is 79.3 cm³/mol. The van der Waals surface area contributed by atoms with E-state index in [2.05, 4.69) is 24.8 Å². The molecule has 19 heavy (non-hydrogen) atoms. The second-order valence-corrected chi connectivity index (χ2v) is 6.06. The number of aromatic nitrogens is 1. The summed E-state index contributed by atoms with van der Waals surface area (Å²) < 4.78 is 0. The van der Waals surface area contributed by atoms with Gasteiger partial charge in [-0.2, -0.15) is 0 Å². The normalized spacial score (nSPS) is 16.3. The number of aliphatic hydroxyl groups excluding tert-OH is 1. The van der Waals surface area contributed by atoms with Gasteiger partial charge in [0.1, 0.15) is 5.82 Å². The van der Waals surface area contributed by atoms with Crippen LogP contribution >= 0.6 is 0 Å². The molecule has 3 heteroatoms. The third-order valence-corrected chi connectivity index (χ3v) is 3.97. The van der Waals surface area contributed by atoms with Crippen LogP contribution in [0.25, 0.3) is 0 Å². The van der Waals surface area contributed by atoms with Crippen LogP contribution in [0.3, 0.4) is 0 Å². The highest BCUT2D eigenvalue weighted by atomic mass is 16.3. The number of hydrogen-bond donors (Lipinski definition) is 1. The fourth-order valence-corrected chi connectivity index (χ4v) is 2.94. The molecular weight excluding hydrogens is 236 g/mol. The zero-order valence-electron chi connectivity index (χ0n) is 12.4. The smallest absolute Gasteiger partial charge is 0.129 e. The number of rotatable bonds is 5. The molecule has 106 valence electrons. The van der Waals surface area contributed by atoms with Crippen LogP contribution in [0.4, 0.5) is 5.82 Å². The zero-order chi connectivity index (χ0) is 13.8. The van der Waals surface area contributed by atoms with Crippen LogP contribution in [0.2, 0.25) is 0 Å². The number of aryl methyl sites for hydroxylation is 1. The first kappa shape index (κ1) is 14.3. The van der Waals surface area contributed by atoms with Crippen molar-refractivity contribution in [1.29, 1.82) is 0 Å². The molecule has 3 nitrogen and oxygen atoms in total. The molecule has 1 N–H and O–H groups in total. The van der Waals surface area contributed by atoms with Crippen molar-refractivity contribution < 1.29 is 5.11 Å². The van der Waals surface area contributed by atoms with Gasteiger partial charge in [0.15, 0.2) is 0 Å². The van der Waals surface area contributed by atoms with E-state index in [4.69, 9.17) is 4.98 Å². The molecule has 0 radical (unpaired) electrons. The van der Waals surface area contributed by atoms with Crippen LogP contribution in [0.5, 0.6) is 0 Å². The van der Waals surface area contributed by atoms with E-state index in [1.807, 2.05) is 13.0 Å². The predicted octanol–water partition coefficient (Wildman–Crippen LogP) is 3.29. The van der Waals surface area contributed by atoms with Crippen LogP contribution in [0.1, 0.15) is 50.8 Å². The van der Waals surface area contributed by atoms with E-state index in [0.717, 1.165) is 23.6 Å². The summed E-state index contributed by atoms with van der Waals surface area (Å²) in [5, 5.41) is 9.25. The van der Waals surface area contributed by atoms with Gasteiger partial charge >= 0.3 is 0 Å². The van der Waals surface area contributed by atoms with Gasteiger partial charge in [0.2, 0.25) is 0 Å². The summed E-state index contributed by atoms with van der Waals surface area (Å²) in [7, 11) is 0. The number of nitrogens with zero attached hydrogens (tertiary/aromatic N) is 2. The first-order valence-corrected chi connectivity index (χ1v) is 7.46. The molecule has 0 atom stereocenters. The van der Waals surface area contributed by atoms with Crippen molar-refractivity contribution in [2.45, 2.75) is 59.1 Å². The Morgan fingerprint density at radius 3 is 2.53 bits per heavy atom. The third-order valence-electron chi connectivity index (χ3n) is 3.97. The maximum Gasteiger partial charge on any atom is 0.129 e. The quantitative estimate of drug-likeness (QED) is 0.884. The van der Waals surface area contributed by atoms with Gasteiger partial charge in [0, 0.05) is 18.3 Å². The average Bonchev–Trinajstić information content (AvgIpc) is 2.89. The lowest BCUT2D eigenvalue weighted by atomic mass is 10.1. The Morgan fingerprint density at radius 1 is 1.32 bits per heavy atom. The second kappa shape index (κ2) is 6.38. The van der Waals surface area contributed by atoms with Gasteiger partial charge in [-0.1, -0.05) is 32.8 Å². The van der Waals surface area contributed by atoms with E-state index in [1.165, 1.54) is 25.7 Å². The SMILES string of the molecule is Cc1nc(N(CC(C)C)C2CCCC2)ccc1CO. The monoisotopic (exact) mass is 262 g/mol. The van der Waals surface area contributed by atoms with Gasteiger partial charge in [0.05, 0.1) is 6.61 Å². The fraction of sp³-hybridized carbons (Fsp3) is 0.688. The lowest BCUT2D eigenvalue weighted by molar-refractivity contribution is 0.280. The van der Waals surface area contributed by atoms with Gasteiger partial charge in [0.25, 0.3) is 0 Å². The zero-order valence-corrected chi connectivity index (χ0v) is 12.4. The van der Waals surface area contributed by atoms with Gasteiger partial charge in [-0.25, -0.2) is 4.98 Å². The summed E-state index contributed by atoms with van der Waals surface area (Å²) in [6.07, 6.45) is 5.25. The largest absolute Gasteiger partial charge is 0.392 e. The lowest BCUT2D eigenvalue weighted by Gasteiger charge is -2.32. The highest BCUT2D eigenvalue weighted by molar-refractivity contribution is 5.43. The maximum atomic E-state index is 9.25. The van der Waals surface area contributed by atoms with E-state index in [9.17, 15) is 5.11 Å². The van der Waals surface area contributed by atoms with E-state index >= 15 is 0 Å². The molecule has 1 heterocycles. The van der Waals surface area contributed by atoms with Crippen LogP contribution in [-0.2, 0) is 6.61 Å². The van der Waals surface area contributed by atoms with E-state index in [1.54, 1.807) is 0 Å². The molecule has 0 bridgehead atoms. The number of aliphatic hydroxyl groups is 1. The first-order chi connectivity index (χ1) is 9.11. The van der Waals surface area contributed by atoms with E-state index in [0.29, 0.717) is 12.0 Å². The van der Waals surface area contributed by atoms with Crippen LogP contribution < -0.4 is 4.90 Å². The van der Waals surface area contributed by atoms with Gasteiger partial charge in [-0.3, -0.25) is 0 Å². The molecule has 2 rings (SSSR count). The summed E-state index contributed by atoms with van der Waals surface area (Å²) in [5.41, 5.74) is 1.88. The van der Waals surface area contributed by atoms with Crippen molar-refractivity contribution in [1.82, 2.24) is 4.98 Å². The summed E-state index contributed by atoms with van der Waals surface area (Å²) in [6, 6.07) is 4.73. The molecule has 1 aromatic rings. The molecule has 1 saturated carbocycles. The van der Waals surface area contributed by atoms with E-state index < -0.39 is 0 Å². The van der Waals surface area contributed by atoms with Gasteiger partial charge < -0.3 is 10.0 Å². The molecular formula is C16H26N2O. The van der Waals surface area contributed by atoms with Crippen molar-refractivity contribution in [2.24, 2.45) is 5.92 Å². The summed E-state index contributed by atoms with van der Waals surface area (Å²) >= 11 is 0. The Kier molecular flexibility index (Phi) is 4.81. The molecule has 0 spiro atoms. The first-order valence-electron chi connectivity index (χ1n) is 7.46. The number of pyridine rings is 1. The molecule has 1 fully saturated rings. The van der Waals surface area contributed by atoms with Crippen molar-refractivity contribution in [3.05, 3.63) is 23.4 Å². The Labute approximate surface area is 116 Å². The molecule has 1 aliphatic rings. The molecule has 0 aliphatic heterocycles. The van der Waals surface area contributed by atoms with Crippen molar-refractivity contribution in [2.75, 3.05) is 11.4 Å². The summed E-state index contributed by atoms with van der Waals surface area (Å²) in [6.45, 7) is 7.65. The molecule has 0 unspecified atom stereocenters. The highest BCUT2D eigenvalue weighted by Gasteiger charge is 2.24. The lowest BCUT2D eigenvalue weighted by Crippen LogP contribution is -2.37. The molecule has 0 aromatic carbocycles. The molecule has 1 aliphatic carbocycles. The Bertz CT molecular complexity index is 411.